The zero-order valence-electron chi connectivity index (χ0n) is 16.7. The maximum atomic E-state index is 14.9. The highest BCUT2D eigenvalue weighted by molar-refractivity contribution is 5.90. The van der Waals surface area contributed by atoms with E-state index in [1.807, 2.05) is 18.7 Å². The maximum absolute atomic E-state index is 14.9. The van der Waals surface area contributed by atoms with Gasteiger partial charge in [0.25, 0.3) is 0 Å². The number of rotatable bonds is 3. The van der Waals surface area contributed by atoms with Gasteiger partial charge in [0.2, 0.25) is 5.95 Å². The fraction of sp³-hybridized carbons (Fsp3) is 0.500. The van der Waals surface area contributed by atoms with Gasteiger partial charge < -0.3 is 30.1 Å². The summed E-state index contributed by atoms with van der Waals surface area (Å²) in [6, 6.07) is 0.967. The van der Waals surface area contributed by atoms with Gasteiger partial charge in [-0.05, 0) is 26.3 Å². The summed E-state index contributed by atoms with van der Waals surface area (Å²) in [6.07, 6.45) is 0.777. The summed E-state index contributed by atoms with van der Waals surface area (Å²) in [5.74, 6) is -0.631. The summed E-state index contributed by atoms with van der Waals surface area (Å²) >= 11 is 0. The van der Waals surface area contributed by atoms with Crippen LogP contribution in [0.4, 0.5) is 26.1 Å². The Morgan fingerprint density at radius 2 is 2.10 bits per heavy atom. The summed E-state index contributed by atoms with van der Waals surface area (Å²) in [5, 5.41) is 16.2. The summed E-state index contributed by atoms with van der Waals surface area (Å²) in [7, 11) is 0. The van der Waals surface area contributed by atoms with Crippen LogP contribution in [0, 0.1) is 11.6 Å². The second-order valence-electron chi connectivity index (χ2n) is 7.92. The summed E-state index contributed by atoms with van der Waals surface area (Å²) in [4.78, 5) is 10.3. The zero-order valence-corrected chi connectivity index (χ0v) is 16.7. The van der Waals surface area contributed by atoms with E-state index in [-0.39, 0.29) is 42.1 Å². The van der Waals surface area contributed by atoms with E-state index in [1.165, 1.54) is 6.07 Å². The van der Waals surface area contributed by atoms with Gasteiger partial charge >= 0.3 is 0 Å². The van der Waals surface area contributed by atoms with Crippen LogP contribution in [0.2, 0.25) is 0 Å². The quantitative estimate of drug-likeness (QED) is 0.699. The Kier molecular flexibility index (Phi) is 4.62. The molecule has 160 valence electrons. The molecule has 0 amide bonds. The van der Waals surface area contributed by atoms with Crippen LogP contribution in [0.3, 0.4) is 0 Å². The number of aliphatic hydroxyl groups excluding tert-OH is 1. The largest absolute Gasteiger partial charge is 0.488 e. The third-order valence-electron chi connectivity index (χ3n) is 5.82. The molecule has 0 saturated carbocycles. The van der Waals surface area contributed by atoms with Gasteiger partial charge in [0.1, 0.15) is 23.8 Å². The molecule has 3 aliphatic heterocycles. The number of benzene rings is 1. The minimum atomic E-state index is -0.722. The number of aromatic nitrogens is 2. The molecule has 4 atom stereocenters. The predicted octanol–water partition coefficient (Wildman–Crippen LogP) is 2.34. The van der Waals surface area contributed by atoms with E-state index in [2.05, 4.69) is 20.6 Å². The van der Waals surface area contributed by atoms with Crippen LogP contribution in [0.15, 0.2) is 12.3 Å². The third-order valence-corrected chi connectivity index (χ3v) is 5.82. The van der Waals surface area contributed by atoms with Gasteiger partial charge in [-0.1, -0.05) is 0 Å². The second-order valence-corrected chi connectivity index (χ2v) is 7.92. The lowest BCUT2D eigenvalue weighted by Gasteiger charge is -2.36. The SMILES string of the molecule is CC1COc2c(-c3nc(N[C@@H]4CCOC[C@H]4O)ncc3F)cc(F)c3c2N1C(C)N3. The summed E-state index contributed by atoms with van der Waals surface area (Å²) in [6.45, 7) is 5.03. The monoisotopic (exact) mass is 419 g/mol. The maximum Gasteiger partial charge on any atom is 0.223 e. The van der Waals surface area contributed by atoms with Gasteiger partial charge in [-0.15, -0.1) is 0 Å². The van der Waals surface area contributed by atoms with Crippen LogP contribution in [-0.4, -0.2) is 59.2 Å². The minimum absolute atomic E-state index is 0.0402. The normalized spacial score (nSPS) is 27.3. The molecule has 2 aromatic rings. The topological polar surface area (TPSA) is 91.8 Å². The number of nitrogens with one attached hydrogen (secondary N) is 2. The predicted molar refractivity (Wildman–Crippen MR) is 107 cm³/mol. The van der Waals surface area contributed by atoms with Crippen LogP contribution in [-0.2, 0) is 4.74 Å². The highest BCUT2D eigenvalue weighted by Crippen LogP contribution is 2.51. The van der Waals surface area contributed by atoms with Crippen molar-refractivity contribution in [1.82, 2.24) is 9.97 Å². The fourth-order valence-electron chi connectivity index (χ4n) is 4.37. The van der Waals surface area contributed by atoms with E-state index in [4.69, 9.17) is 9.47 Å². The van der Waals surface area contributed by atoms with E-state index < -0.39 is 17.7 Å². The Balaban J connectivity index is 1.57. The number of ether oxygens (including phenoxy) is 2. The van der Waals surface area contributed by atoms with E-state index in [1.54, 1.807) is 0 Å². The van der Waals surface area contributed by atoms with Crippen molar-refractivity contribution >= 4 is 17.3 Å². The van der Waals surface area contributed by atoms with Crippen molar-refractivity contribution < 1.29 is 23.4 Å². The molecular formula is C20H23F2N5O3. The van der Waals surface area contributed by atoms with Gasteiger partial charge in [0.05, 0.1) is 48.4 Å². The molecule has 1 aromatic carbocycles. The summed E-state index contributed by atoms with van der Waals surface area (Å²) in [5.41, 5.74) is 1.11. The molecular weight excluding hydrogens is 396 g/mol. The zero-order chi connectivity index (χ0) is 21.0. The average Bonchev–Trinajstić information content (AvgIpc) is 3.08. The first-order chi connectivity index (χ1) is 14.4. The van der Waals surface area contributed by atoms with E-state index in [0.29, 0.717) is 36.8 Å². The Morgan fingerprint density at radius 3 is 2.90 bits per heavy atom. The van der Waals surface area contributed by atoms with Crippen molar-refractivity contribution in [3.63, 3.8) is 0 Å². The molecule has 8 nitrogen and oxygen atoms in total. The molecule has 4 heterocycles. The smallest absolute Gasteiger partial charge is 0.223 e. The van der Waals surface area contributed by atoms with Gasteiger partial charge in [-0.3, -0.25) is 0 Å². The molecule has 1 saturated heterocycles. The van der Waals surface area contributed by atoms with Crippen LogP contribution in [0.1, 0.15) is 20.3 Å². The number of hydrogen-bond acceptors (Lipinski definition) is 8. The molecule has 1 fully saturated rings. The number of hydrogen-bond donors (Lipinski definition) is 3. The standard InChI is InChI=1S/C20H23F2N5O3/c1-9-7-30-19-11(5-12(21)17-18(19)27(9)10(2)24-17)16-13(22)6-23-20(26-16)25-14-3-4-29-8-15(14)28/h5-6,9-10,14-15,24,28H,3-4,7-8H2,1-2H3,(H,23,25,26)/t9?,10?,14-,15-/m1/s1. The van der Waals surface area contributed by atoms with E-state index in [0.717, 1.165) is 6.20 Å². The number of anilines is 3. The highest BCUT2D eigenvalue weighted by Gasteiger charge is 2.40. The lowest BCUT2D eigenvalue weighted by Crippen LogP contribution is -2.45. The molecule has 3 aliphatic rings. The third kappa shape index (κ3) is 3.02. The molecule has 0 aliphatic carbocycles. The van der Waals surface area contributed by atoms with Crippen molar-refractivity contribution in [2.75, 3.05) is 35.4 Å². The molecule has 0 radical (unpaired) electrons. The van der Waals surface area contributed by atoms with Crippen molar-refractivity contribution in [1.29, 1.82) is 0 Å². The molecule has 10 heteroatoms. The van der Waals surface area contributed by atoms with Crippen molar-refractivity contribution in [2.24, 2.45) is 0 Å². The number of halogens is 2. The Bertz CT molecular complexity index is 991. The lowest BCUT2D eigenvalue weighted by molar-refractivity contribution is -0.0136. The second kappa shape index (κ2) is 7.21. The van der Waals surface area contributed by atoms with Crippen LogP contribution in [0.5, 0.6) is 5.75 Å². The number of aliphatic hydroxyl groups is 1. The molecule has 30 heavy (non-hydrogen) atoms. The molecule has 3 N–H and O–H groups in total. The van der Waals surface area contributed by atoms with E-state index in [9.17, 15) is 13.9 Å². The first-order valence-corrected chi connectivity index (χ1v) is 10.0. The minimum Gasteiger partial charge on any atom is -0.488 e. The van der Waals surface area contributed by atoms with Crippen molar-refractivity contribution in [3.8, 4) is 17.0 Å². The lowest BCUT2D eigenvalue weighted by atomic mass is 10.0. The van der Waals surface area contributed by atoms with Gasteiger partial charge in [-0.25, -0.2) is 18.7 Å². The highest BCUT2D eigenvalue weighted by atomic mass is 19.1. The molecule has 2 unspecified atom stereocenters. The number of nitrogens with zero attached hydrogens (tertiary/aromatic N) is 3. The average molecular weight is 419 g/mol. The van der Waals surface area contributed by atoms with Gasteiger partial charge in [-0.2, -0.15) is 0 Å². The molecule has 0 spiro atoms. The van der Waals surface area contributed by atoms with Gasteiger partial charge in [0.15, 0.2) is 11.6 Å². The van der Waals surface area contributed by atoms with Crippen LogP contribution in [0.25, 0.3) is 11.3 Å². The Labute approximate surface area is 172 Å². The van der Waals surface area contributed by atoms with Gasteiger partial charge in [0, 0.05) is 6.61 Å². The molecule has 0 bridgehead atoms. The Morgan fingerprint density at radius 1 is 1.27 bits per heavy atom. The fourth-order valence-corrected chi connectivity index (χ4v) is 4.37. The molecule has 5 rings (SSSR count). The Hall–Kier alpha value is -2.72. The van der Waals surface area contributed by atoms with Crippen molar-refractivity contribution in [3.05, 3.63) is 23.9 Å². The summed E-state index contributed by atoms with van der Waals surface area (Å²) < 4.78 is 40.8. The first kappa shape index (κ1) is 19.3. The van der Waals surface area contributed by atoms with E-state index >= 15 is 0 Å². The van der Waals surface area contributed by atoms with Crippen LogP contribution < -0.4 is 20.3 Å². The molecule has 1 aromatic heterocycles. The van der Waals surface area contributed by atoms with Crippen molar-refractivity contribution in [2.45, 2.75) is 44.6 Å². The van der Waals surface area contributed by atoms with Crippen LogP contribution >= 0.6 is 0 Å². The first-order valence-electron chi connectivity index (χ1n) is 10.0.